The fourth-order valence-corrected chi connectivity index (χ4v) is 1.62. The molecule has 0 aliphatic heterocycles. The molecule has 2 N–H and O–H groups in total. The van der Waals surface area contributed by atoms with Crippen LogP contribution >= 0.6 is 0 Å². The quantitative estimate of drug-likeness (QED) is 0.759. The summed E-state index contributed by atoms with van der Waals surface area (Å²) in [4.78, 5) is 0. The summed E-state index contributed by atoms with van der Waals surface area (Å²) >= 11 is 0. The Kier molecular flexibility index (Phi) is 4.40. The van der Waals surface area contributed by atoms with Gasteiger partial charge in [-0.05, 0) is 18.9 Å². The van der Waals surface area contributed by atoms with Crippen LogP contribution in [0, 0.1) is 5.92 Å². The number of nitrogens with one attached hydrogen (secondary N) is 1. The zero-order valence-corrected chi connectivity index (χ0v) is 10.4. The van der Waals surface area contributed by atoms with Crippen molar-refractivity contribution in [2.45, 2.75) is 32.4 Å². The SMILES string of the molecule is CC(CO)COc1ccccc1CNC1CC1. The molecule has 0 aromatic heterocycles. The van der Waals surface area contributed by atoms with E-state index in [4.69, 9.17) is 9.84 Å². The summed E-state index contributed by atoms with van der Waals surface area (Å²) in [6.45, 7) is 3.58. The first-order chi connectivity index (χ1) is 8.29. The van der Waals surface area contributed by atoms with Crippen molar-refractivity contribution >= 4 is 0 Å². The molecule has 3 nitrogen and oxygen atoms in total. The smallest absolute Gasteiger partial charge is 0.123 e. The highest BCUT2D eigenvalue weighted by Crippen LogP contribution is 2.22. The Morgan fingerprint density at radius 3 is 2.88 bits per heavy atom. The van der Waals surface area contributed by atoms with E-state index in [9.17, 15) is 0 Å². The van der Waals surface area contributed by atoms with E-state index < -0.39 is 0 Å². The van der Waals surface area contributed by atoms with Crippen molar-refractivity contribution in [2.24, 2.45) is 5.92 Å². The highest BCUT2D eigenvalue weighted by atomic mass is 16.5. The summed E-state index contributed by atoms with van der Waals surface area (Å²) in [6.07, 6.45) is 2.59. The Morgan fingerprint density at radius 2 is 2.18 bits per heavy atom. The number of benzene rings is 1. The average Bonchev–Trinajstić information content (AvgIpc) is 3.18. The molecule has 1 saturated carbocycles. The summed E-state index contributed by atoms with van der Waals surface area (Å²) in [5, 5.41) is 12.5. The molecular weight excluding hydrogens is 214 g/mol. The van der Waals surface area contributed by atoms with Crippen molar-refractivity contribution in [3.8, 4) is 5.75 Å². The van der Waals surface area contributed by atoms with Crippen molar-refractivity contribution in [2.75, 3.05) is 13.2 Å². The van der Waals surface area contributed by atoms with Gasteiger partial charge in [0, 0.05) is 30.7 Å². The Morgan fingerprint density at radius 1 is 1.41 bits per heavy atom. The number of aliphatic hydroxyl groups excluding tert-OH is 1. The molecule has 1 fully saturated rings. The second kappa shape index (κ2) is 6.03. The van der Waals surface area contributed by atoms with Crippen molar-refractivity contribution < 1.29 is 9.84 Å². The van der Waals surface area contributed by atoms with Gasteiger partial charge in [0.2, 0.25) is 0 Å². The van der Waals surface area contributed by atoms with E-state index in [1.54, 1.807) is 0 Å². The molecule has 1 unspecified atom stereocenters. The Hall–Kier alpha value is -1.06. The van der Waals surface area contributed by atoms with Crippen molar-refractivity contribution in [1.29, 1.82) is 0 Å². The van der Waals surface area contributed by atoms with Gasteiger partial charge in [0.15, 0.2) is 0 Å². The fraction of sp³-hybridized carbons (Fsp3) is 0.571. The lowest BCUT2D eigenvalue weighted by atomic mass is 10.2. The van der Waals surface area contributed by atoms with Gasteiger partial charge in [0.05, 0.1) is 6.61 Å². The van der Waals surface area contributed by atoms with Gasteiger partial charge in [0.1, 0.15) is 5.75 Å². The Bertz CT molecular complexity index is 350. The van der Waals surface area contributed by atoms with E-state index in [1.165, 1.54) is 18.4 Å². The summed E-state index contributed by atoms with van der Waals surface area (Å²) in [7, 11) is 0. The number of para-hydroxylation sites is 1. The van der Waals surface area contributed by atoms with Crippen LogP contribution in [0.25, 0.3) is 0 Å². The Balaban J connectivity index is 1.89. The predicted molar refractivity (Wildman–Crippen MR) is 68.0 cm³/mol. The molecule has 0 radical (unpaired) electrons. The highest BCUT2D eigenvalue weighted by Gasteiger charge is 2.20. The molecule has 1 aliphatic rings. The Labute approximate surface area is 103 Å². The van der Waals surface area contributed by atoms with E-state index in [2.05, 4.69) is 11.4 Å². The van der Waals surface area contributed by atoms with Gasteiger partial charge >= 0.3 is 0 Å². The van der Waals surface area contributed by atoms with Crippen molar-refractivity contribution in [1.82, 2.24) is 5.32 Å². The minimum atomic E-state index is 0.169. The largest absolute Gasteiger partial charge is 0.493 e. The number of ether oxygens (including phenoxy) is 1. The standard InChI is InChI=1S/C14H21NO2/c1-11(9-16)10-17-14-5-3-2-4-12(14)8-15-13-6-7-13/h2-5,11,13,15-16H,6-10H2,1H3. The first kappa shape index (κ1) is 12.4. The van der Waals surface area contributed by atoms with Crippen molar-refractivity contribution in [3.05, 3.63) is 29.8 Å². The van der Waals surface area contributed by atoms with Crippen LogP contribution in [0.5, 0.6) is 5.75 Å². The highest BCUT2D eigenvalue weighted by molar-refractivity contribution is 5.33. The molecule has 1 atom stereocenters. The second-order valence-corrected chi connectivity index (χ2v) is 4.86. The van der Waals surface area contributed by atoms with Crippen LogP contribution in [0.15, 0.2) is 24.3 Å². The lowest BCUT2D eigenvalue weighted by molar-refractivity contribution is 0.173. The number of hydrogen-bond donors (Lipinski definition) is 2. The molecule has 0 amide bonds. The van der Waals surface area contributed by atoms with Gasteiger partial charge in [-0.25, -0.2) is 0 Å². The molecule has 2 rings (SSSR count). The van der Waals surface area contributed by atoms with Gasteiger partial charge in [-0.2, -0.15) is 0 Å². The van der Waals surface area contributed by atoms with Crippen LogP contribution in [-0.2, 0) is 6.54 Å². The number of hydrogen-bond acceptors (Lipinski definition) is 3. The van der Waals surface area contributed by atoms with E-state index in [0.717, 1.165) is 12.3 Å². The molecular formula is C14H21NO2. The van der Waals surface area contributed by atoms with E-state index in [-0.39, 0.29) is 12.5 Å². The van der Waals surface area contributed by atoms with Crippen LogP contribution in [0.2, 0.25) is 0 Å². The third kappa shape index (κ3) is 4.02. The summed E-state index contributed by atoms with van der Waals surface area (Å²) < 4.78 is 5.74. The van der Waals surface area contributed by atoms with Crippen LogP contribution in [-0.4, -0.2) is 24.4 Å². The summed E-state index contributed by atoms with van der Waals surface area (Å²) in [6, 6.07) is 8.81. The van der Waals surface area contributed by atoms with Gasteiger partial charge in [-0.1, -0.05) is 25.1 Å². The second-order valence-electron chi connectivity index (χ2n) is 4.86. The maximum atomic E-state index is 8.97. The van der Waals surface area contributed by atoms with Gasteiger partial charge in [-0.3, -0.25) is 0 Å². The number of rotatable bonds is 7. The molecule has 0 bridgehead atoms. The zero-order chi connectivity index (χ0) is 12.1. The molecule has 1 aromatic rings. The first-order valence-electron chi connectivity index (χ1n) is 6.34. The third-order valence-electron chi connectivity index (χ3n) is 2.97. The zero-order valence-electron chi connectivity index (χ0n) is 10.4. The molecule has 94 valence electrons. The van der Waals surface area contributed by atoms with Crippen molar-refractivity contribution in [3.63, 3.8) is 0 Å². The van der Waals surface area contributed by atoms with Gasteiger partial charge in [0.25, 0.3) is 0 Å². The van der Waals surface area contributed by atoms with Crippen LogP contribution in [0.1, 0.15) is 25.3 Å². The maximum Gasteiger partial charge on any atom is 0.123 e. The molecule has 1 aliphatic carbocycles. The molecule has 0 saturated heterocycles. The van der Waals surface area contributed by atoms with Crippen LogP contribution < -0.4 is 10.1 Å². The minimum absolute atomic E-state index is 0.169. The average molecular weight is 235 g/mol. The molecule has 0 heterocycles. The van der Waals surface area contributed by atoms with E-state index in [1.807, 2.05) is 25.1 Å². The van der Waals surface area contributed by atoms with Gasteiger partial charge < -0.3 is 15.2 Å². The third-order valence-corrected chi connectivity index (χ3v) is 2.97. The molecule has 3 heteroatoms. The van der Waals surface area contributed by atoms with Crippen LogP contribution in [0.4, 0.5) is 0 Å². The van der Waals surface area contributed by atoms with E-state index in [0.29, 0.717) is 12.6 Å². The maximum absolute atomic E-state index is 8.97. The lowest BCUT2D eigenvalue weighted by Gasteiger charge is -2.14. The molecule has 17 heavy (non-hydrogen) atoms. The summed E-state index contributed by atoms with van der Waals surface area (Å²) in [5.74, 6) is 1.11. The van der Waals surface area contributed by atoms with Crippen LogP contribution in [0.3, 0.4) is 0 Å². The van der Waals surface area contributed by atoms with Gasteiger partial charge in [-0.15, -0.1) is 0 Å². The topological polar surface area (TPSA) is 41.5 Å². The molecule has 0 spiro atoms. The minimum Gasteiger partial charge on any atom is -0.493 e. The van der Waals surface area contributed by atoms with E-state index >= 15 is 0 Å². The molecule has 1 aromatic carbocycles. The predicted octanol–water partition coefficient (Wildman–Crippen LogP) is 1.95. The number of aliphatic hydroxyl groups is 1. The normalized spacial score (nSPS) is 16.8. The fourth-order valence-electron chi connectivity index (χ4n) is 1.62. The lowest BCUT2D eigenvalue weighted by Crippen LogP contribution is -2.17. The summed E-state index contributed by atoms with van der Waals surface area (Å²) in [5.41, 5.74) is 1.20. The monoisotopic (exact) mass is 235 g/mol. The first-order valence-corrected chi connectivity index (χ1v) is 6.34.